The van der Waals surface area contributed by atoms with Crippen LogP contribution in [-0.2, 0) is 16.1 Å². The molecule has 0 bridgehead atoms. The molecule has 5 heteroatoms. The highest BCUT2D eigenvalue weighted by atomic mass is 79.9. The fourth-order valence-corrected chi connectivity index (χ4v) is 1.86. The summed E-state index contributed by atoms with van der Waals surface area (Å²) in [5.74, 6) is 0.674. The maximum atomic E-state index is 11.5. The minimum Gasteiger partial charge on any atom is -0.452 e. The minimum absolute atomic E-state index is 0.0555. The Morgan fingerprint density at radius 1 is 1.60 bits per heavy atom. The number of furan rings is 1. The van der Waals surface area contributed by atoms with E-state index in [1.165, 1.54) is 0 Å². The van der Waals surface area contributed by atoms with Crippen molar-refractivity contribution < 1.29 is 13.9 Å². The summed E-state index contributed by atoms with van der Waals surface area (Å²) in [6.45, 7) is 1.09. The zero-order chi connectivity index (χ0) is 10.7. The molecule has 0 spiro atoms. The van der Waals surface area contributed by atoms with Crippen LogP contribution in [0.5, 0.6) is 0 Å². The van der Waals surface area contributed by atoms with Gasteiger partial charge < -0.3 is 14.5 Å². The van der Waals surface area contributed by atoms with Gasteiger partial charge in [0.1, 0.15) is 11.9 Å². The van der Waals surface area contributed by atoms with Crippen LogP contribution in [-0.4, -0.2) is 18.6 Å². The van der Waals surface area contributed by atoms with Gasteiger partial charge in [0.15, 0.2) is 4.67 Å². The third-order valence-electron chi connectivity index (χ3n) is 2.29. The average molecular weight is 274 g/mol. The number of carbonyl (C=O) groups excluding carboxylic acids is 1. The van der Waals surface area contributed by atoms with Gasteiger partial charge in [0.25, 0.3) is 0 Å². The monoisotopic (exact) mass is 273 g/mol. The summed E-state index contributed by atoms with van der Waals surface area (Å²) in [4.78, 5) is 11.5. The van der Waals surface area contributed by atoms with Crippen molar-refractivity contribution in [1.82, 2.24) is 5.32 Å². The molecule has 1 aromatic rings. The molecule has 1 aliphatic rings. The van der Waals surface area contributed by atoms with Crippen LogP contribution in [0, 0.1) is 0 Å². The first kappa shape index (κ1) is 10.7. The predicted molar refractivity (Wildman–Crippen MR) is 57.2 cm³/mol. The quantitative estimate of drug-likeness (QED) is 0.915. The molecule has 0 aliphatic carbocycles. The van der Waals surface area contributed by atoms with Crippen LogP contribution in [0.25, 0.3) is 0 Å². The van der Waals surface area contributed by atoms with E-state index in [0.717, 1.165) is 18.6 Å². The summed E-state index contributed by atoms with van der Waals surface area (Å²) < 4.78 is 11.2. The van der Waals surface area contributed by atoms with Gasteiger partial charge in [-0.3, -0.25) is 4.79 Å². The molecule has 4 nitrogen and oxygen atoms in total. The van der Waals surface area contributed by atoms with E-state index in [-0.39, 0.29) is 12.0 Å². The molecule has 1 aromatic heterocycles. The predicted octanol–water partition coefficient (Wildman–Crippen LogP) is 1.84. The van der Waals surface area contributed by atoms with Crippen LogP contribution in [0.15, 0.2) is 21.2 Å². The summed E-state index contributed by atoms with van der Waals surface area (Å²) >= 11 is 3.20. The number of carbonyl (C=O) groups is 1. The van der Waals surface area contributed by atoms with Gasteiger partial charge in [-0.1, -0.05) is 0 Å². The molecule has 15 heavy (non-hydrogen) atoms. The number of amides is 1. The van der Waals surface area contributed by atoms with Crippen molar-refractivity contribution in [3.63, 3.8) is 0 Å². The van der Waals surface area contributed by atoms with E-state index in [4.69, 9.17) is 9.15 Å². The zero-order valence-corrected chi connectivity index (χ0v) is 9.75. The zero-order valence-electron chi connectivity index (χ0n) is 8.16. The molecule has 0 unspecified atom stereocenters. The highest BCUT2D eigenvalue weighted by Gasteiger charge is 2.23. The SMILES string of the molecule is O=C(NCc1ccc(Br)o1)[C@@H]1CCCO1. The Morgan fingerprint density at radius 3 is 3.07 bits per heavy atom. The van der Waals surface area contributed by atoms with Crippen LogP contribution in [0.3, 0.4) is 0 Å². The van der Waals surface area contributed by atoms with Gasteiger partial charge in [-0.15, -0.1) is 0 Å². The summed E-state index contributed by atoms with van der Waals surface area (Å²) in [6, 6.07) is 3.62. The van der Waals surface area contributed by atoms with Crippen molar-refractivity contribution in [3.05, 3.63) is 22.6 Å². The highest BCUT2D eigenvalue weighted by Crippen LogP contribution is 2.15. The number of nitrogens with one attached hydrogen (secondary N) is 1. The van der Waals surface area contributed by atoms with Gasteiger partial charge >= 0.3 is 0 Å². The molecule has 1 amide bonds. The van der Waals surface area contributed by atoms with Gasteiger partial charge in [0.2, 0.25) is 5.91 Å². The van der Waals surface area contributed by atoms with Crippen molar-refractivity contribution >= 4 is 21.8 Å². The van der Waals surface area contributed by atoms with Crippen molar-refractivity contribution in [2.24, 2.45) is 0 Å². The molecule has 2 rings (SSSR count). The number of ether oxygens (including phenoxy) is 1. The third-order valence-corrected chi connectivity index (χ3v) is 2.71. The normalized spacial score (nSPS) is 20.5. The lowest BCUT2D eigenvalue weighted by Crippen LogP contribution is -2.33. The van der Waals surface area contributed by atoms with Gasteiger partial charge in [-0.25, -0.2) is 0 Å². The first-order valence-electron chi connectivity index (χ1n) is 4.89. The average Bonchev–Trinajstić information content (AvgIpc) is 2.84. The lowest BCUT2D eigenvalue weighted by atomic mass is 10.2. The van der Waals surface area contributed by atoms with Crippen LogP contribution in [0.2, 0.25) is 0 Å². The summed E-state index contributed by atoms with van der Waals surface area (Å²) in [5, 5.41) is 2.78. The largest absolute Gasteiger partial charge is 0.452 e. The van der Waals surface area contributed by atoms with E-state index < -0.39 is 0 Å². The molecule has 1 N–H and O–H groups in total. The first-order chi connectivity index (χ1) is 7.25. The Hall–Kier alpha value is -0.810. The fraction of sp³-hybridized carbons (Fsp3) is 0.500. The Labute approximate surface area is 96.1 Å². The Bertz CT molecular complexity index is 344. The topological polar surface area (TPSA) is 51.5 Å². The lowest BCUT2D eigenvalue weighted by Gasteiger charge is -2.08. The van der Waals surface area contributed by atoms with E-state index in [1.54, 1.807) is 6.07 Å². The molecule has 0 radical (unpaired) electrons. The summed E-state index contributed by atoms with van der Waals surface area (Å²) in [5.41, 5.74) is 0. The van der Waals surface area contributed by atoms with Crippen molar-refractivity contribution in [3.8, 4) is 0 Å². The van der Waals surface area contributed by atoms with Crippen LogP contribution >= 0.6 is 15.9 Å². The molecule has 0 aromatic carbocycles. The number of hydrogen-bond donors (Lipinski definition) is 1. The van der Waals surface area contributed by atoms with Gasteiger partial charge in [-0.2, -0.15) is 0 Å². The third kappa shape index (κ3) is 2.82. The Balaban J connectivity index is 1.80. The molecule has 1 aliphatic heterocycles. The Morgan fingerprint density at radius 2 is 2.47 bits per heavy atom. The summed E-state index contributed by atoms with van der Waals surface area (Å²) in [6.07, 6.45) is 1.50. The van der Waals surface area contributed by atoms with E-state index in [2.05, 4.69) is 21.2 Å². The molecular weight excluding hydrogens is 262 g/mol. The van der Waals surface area contributed by atoms with Crippen LogP contribution < -0.4 is 5.32 Å². The highest BCUT2D eigenvalue weighted by molar-refractivity contribution is 9.10. The van der Waals surface area contributed by atoms with Gasteiger partial charge in [0, 0.05) is 6.61 Å². The van der Waals surface area contributed by atoms with E-state index in [9.17, 15) is 4.79 Å². The van der Waals surface area contributed by atoms with Crippen molar-refractivity contribution in [2.75, 3.05) is 6.61 Å². The number of rotatable bonds is 3. The molecular formula is C10H12BrNO3. The fourth-order valence-electron chi connectivity index (χ4n) is 1.52. The standard InChI is InChI=1S/C10H12BrNO3/c11-9-4-3-7(15-9)6-12-10(13)8-2-1-5-14-8/h3-4,8H,1-2,5-6H2,(H,12,13)/t8-/m0/s1. The van der Waals surface area contributed by atoms with Gasteiger partial charge in [0.05, 0.1) is 6.54 Å². The second kappa shape index (κ2) is 4.81. The maximum absolute atomic E-state index is 11.5. The van der Waals surface area contributed by atoms with Crippen molar-refractivity contribution in [2.45, 2.75) is 25.5 Å². The maximum Gasteiger partial charge on any atom is 0.249 e. The smallest absolute Gasteiger partial charge is 0.249 e. The second-order valence-corrected chi connectivity index (χ2v) is 4.21. The van der Waals surface area contributed by atoms with Gasteiger partial charge in [-0.05, 0) is 40.9 Å². The molecule has 2 heterocycles. The molecule has 1 saturated heterocycles. The molecule has 0 saturated carbocycles. The van der Waals surface area contributed by atoms with Crippen LogP contribution in [0.1, 0.15) is 18.6 Å². The van der Waals surface area contributed by atoms with Crippen LogP contribution in [0.4, 0.5) is 0 Å². The van der Waals surface area contributed by atoms with E-state index in [0.29, 0.717) is 17.8 Å². The van der Waals surface area contributed by atoms with Crippen molar-refractivity contribution in [1.29, 1.82) is 0 Å². The lowest BCUT2D eigenvalue weighted by molar-refractivity contribution is -0.130. The van der Waals surface area contributed by atoms with E-state index in [1.807, 2.05) is 6.07 Å². The number of halogens is 1. The Kier molecular flexibility index (Phi) is 3.43. The molecule has 1 fully saturated rings. The first-order valence-corrected chi connectivity index (χ1v) is 5.68. The van der Waals surface area contributed by atoms with E-state index >= 15 is 0 Å². The number of hydrogen-bond acceptors (Lipinski definition) is 3. The molecule has 1 atom stereocenters. The summed E-state index contributed by atoms with van der Waals surface area (Å²) in [7, 11) is 0. The minimum atomic E-state index is -0.275. The second-order valence-electron chi connectivity index (χ2n) is 3.43. The molecule has 82 valence electrons.